The molecule has 0 spiro atoms. The standard InChI is InChI=1S/C25H21N3O5S3/c29-11-5-3-10(4-6-11)26-15(30)9-28-23(31)17-12-8-13(18(17)24(28)32)20-16(12)19(14-2-1-7-34-14)21-22(35-20)27-25(33)36-21/h1-7,12-13,16-20,29H,8-9H2,(H,26,30)(H,27,33)/t12?,13?,16?,17?,18?,19-,20?/m1/s1. The van der Waals surface area contributed by atoms with Crippen LogP contribution in [0.3, 0.4) is 0 Å². The van der Waals surface area contributed by atoms with Crippen LogP contribution in [-0.2, 0) is 14.4 Å². The van der Waals surface area contributed by atoms with E-state index < -0.39 is 17.7 Å². The second kappa shape index (κ2) is 8.06. The summed E-state index contributed by atoms with van der Waals surface area (Å²) in [6.45, 7) is -0.317. The fourth-order valence-electron chi connectivity index (χ4n) is 6.91. The van der Waals surface area contributed by atoms with E-state index in [0.717, 1.165) is 21.2 Å². The zero-order chi connectivity index (χ0) is 24.7. The molecule has 4 heterocycles. The van der Waals surface area contributed by atoms with Gasteiger partial charge in [-0.15, -0.1) is 23.1 Å². The van der Waals surface area contributed by atoms with E-state index >= 15 is 0 Å². The molecule has 2 aliphatic carbocycles. The van der Waals surface area contributed by atoms with Gasteiger partial charge in [-0.1, -0.05) is 17.4 Å². The monoisotopic (exact) mass is 539 g/mol. The molecule has 7 rings (SSSR count). The van der Waals surface area contributed by atoms with Gasteiger partial charge in [-0.05, 0) is 59.9 Å². The lowest BCUT2D eigenvalue weighted by Crippen LogP contribution is -2.42. The maximum atomic E-state index is 13.6. The molecule has 3 aromatic rings. The summed E-state index contributed by atoms with van der Waals surface area (Å²) in [6.07, 6.45) is 0.823. The Labute approximate surface area is 217 Å². The Bertz CT molecular complexity index is 1450. The van der Waals surface area contributed by atoms with Gasteiger partial charge in [0.25, 0.3) is 0 Å². The van der Waals surface area contributed by atoms with Crippen molar-refractivity contribution in [1.29, 1.82) is 0 Å². The number of thiazole rings is 1. The average molecular weight is 540 g/mol. The van der Waals surface area contributed by atoms with Crippen LogP contribution in [0.5, 0.6) is 5.75 Å². The highest BCUT2D eigenvalue weighted by Crippen LogP contribution is 2.68. The number of amides is 3. The van der Waals surface area contributed by atoms with E-state index in [2.05, 4.69) is 16.4 Å². The first-order valence-electron chi connectivity index (χ1n) is 11.8. The van der Waals surface area contributed by atoms with Gasteiger partial charge in [-0.3, -0.25) is 24.1 Å². The van der Waals surface area contributed by atoms with Crippen LogP contribution in [0.15, 0.2) is 51.6 Å². The fraction of sp³-hybridized carbons (Fsp3) is 0.360. The predicted octanol–water partition coefficient (Wildman–Crippen LogP) is 3.32. The molecule has 8 nitrogen and oxygen atoms in total. The normalized spacial score (nSPS) is 31.9. The number of H-pyrrole nitrogens is 1. The van der Waals surface area contributed by atoms with Crippen molar-refractivity contribution in [2.24, 2.45) is 29.6 Å². The number of aromatic hydroxyl groups is 1. The first-order valence-corrected chi connectivity index (χ1v) is 14.4. The van der Waals surface area contributed by atoms with Gasteiger partial charge in [0.05, 0.1) is 16.9 Å². The lowest BCUT2D eigenvalue weighted by molar-refractivity contribution is -0.143. The second-order valence-corrected chi connectivity index (χ2v) is 13.0. The van der Waals surface area contributed by atoms with E-state index in [1.807, 2.05) is 11.4 Å². The highest BCUT2D eigenvalue weighted by Gasteiger charge is 2.69. The number of likely N-dealkylation sites (tertiary alicyclic amines) is 1. The van der Waals surface area contributed by atoms with Crippen LogP contribution in [0, 0.1) is 29.6 Å². The Balaban J connectivity index is 1.17. The van der Waals surface area contributed by atoms with Crippen molar-refractivity contribution in [2.75, 3.05) is 11.9 Å². The van der Waals surface area contributed by atoms with Gasteiger partial charge in [-0.2, -0.15) is 0 Å². The predicted molar refractivity (Wildman–Crippen MR) is 136 cm³/mol. The van der Waals surface area contributed by atoms with Gasteiger partial charge < -0.3 is 15.4 Å². The zero-order valence-corrected chi connectivity index (χ0v) is 21.2. The van der Waals surface area contributed by atoms with Crippen molar-refractivity contribution in [1.82, 2.24) is 9.88 Å². The number of benzene rings is 1. The molecule has 36 heavy (non-hydrogen) atoms. The third kappa shape index (κ3) is 3.18. The maximum Gasteiger partial charge on any atom is 0.305 e. The molecule has 2 aliphatic heterocycles. The second-order valence-electron chi connectivity index (χ2n) is 9.83. The van der Waals surface area contributed by atoms with E-state index in [1.54, 1.807) is 35.2 Å². The molecule has 4 aliphatic rings. The minimum absolute atomic E-state index is 0.0376. The van der Waals surface area contributed by atoms with Gasteiger partial charge in [-0.25, -0.2) is 0 Å². The summed E-state index contributed by atoms with van der Waals surface area (Å²) in [5.74, 6) is -1.40. The van der Waals surface area contributed by atoms with E-state index in [9.17, 15) is 24.3 Å². The molecule has 1 saturated heterocycles. The molecular weight excluding hydrogens is 518 g/mol. The fourth-order valence-corrected chi connectivity index (χ4v) is 10.8. The van der Waals surface area contributed by atoms with Gasteiger partial charge in [0.15, 0.2) is 0 Å². The number of aromatic amines is 1. The summed E-state index contributed by atoms with van der Waals surface area (Å²) in [7, 11) is 0. The van der Waals surface area contributed by atoms with Crippen LogP contribution in [0.25, 0.3) is 0 Å². The number of thioether (sulfide) groups is 1. The molecule has 3 N–H and O–H groups in total. The molecule has 6 unspecified atom stereocenters. The van der Waals surface area contributed by atoms with Crippen molar-refractivity contribution < 1.29 is 19.5 Å². The summed E-state index contributed by atoms with van der Waals surface area (Å²) in [4.78, 5) is 58.3. The lowest BCUT2D eigenvalue weighted by atomic mass is 9.69. The van der Waals surface area contributed by atoms with Crippen LogP contribution in [0.4, 0.5) is 5.69 Å². The SMILES string of the molecule is O=C(CN1C(=O)C2C3CC(C2C1=O)C1C3Sc2[nH]c(=O)sc2[C@@H]1c1cccs1)Nc1ccc(O)cc1. The minimum atomic E-state index is -0.447. The van der Waals surface area contributed by atoms with Crippen LogP contribution in [-0.4, -0.2) is 44.5 Å². The molecule has 11 heteroatoms. The number of fused-ring (bicyclic) bond motifs is 9. The first kappa shape index (κ1) is 22.3. The number of aromatic nitrogens is 1. The summed E-state index contributed by atoms with van der Waals surface area (Å²) < 4.78 is 0. The molecule has 1 aromatic carbocycles. The Morgan fingerprint density at radius 2 is 1.83 bits per heavy atom. The molecule has 3 amide bonds. The van der Waals surface area contributed by atoms with Crippen molar-refractivity contribution in [3.05, 3.63) is 61.2 Å². The van der Waals surface area contributed by atoms with Crippen LogP contribution in [0.1, 0.15) is 22.1 Å². The van der Waals surface area contributed by atoms with Crippen molar-refractivity contribution in [3.8, 4) is 5.75 Å². The quantitative estimate of drug-likeness (QED) is 0.346. The van der Waals surface area contributed by atoms with Crippen molar-refractivity contribution in [2.45, 2.75) is 22.6 Å². The van der Waals surface area contributed by atoms with E-state index in [1.165, 1.54) is 28.3 Å². The van der Waals surface area contributed by atoms with E-state index in [0.29, 0.717) is 5.69 Å². The number of anilines is 1. The number of nitrogens with one attached hydrogen (secondary N) is 2. The number of phenols is 1. The average Bonchev–Trinajstić information content (AvgIpc) is 3.66. The minimum Gasteiger partial charge on any atom is -0.508 e. The molecule has 3 fully saturated rings. The van der Waals surface area contributed by atoms with Gasteiger partial charge in [0.2, 0.25) is 17.7 Å². The van der Waals surface area contributed by atoms with Crippen molar-refractivity contribution in [3.63, 3.8) is 0 Å². The smallest absolute Gasteiger partial charge is 0.305 e. The molecule has 184 valence electrons. The Hall–Kier alpha value is -2.89. The van der Waals surface area contributed by atoms with Gasteiger partial charge in [0, 0.05) is 26.6 Å². The number of phenolic OH excluding ortho intramolecular Hbond substituents is 1. The summed E-state index contributed by atoms with van der Waals surface area (Å²) in [5.41, 5.74) is 0.485. The Morgan fingerprint density at radius 1 is 1.08 bits per heavy atom. The Kier molecular flexibility index (Phi) is 4.99. The molecule has 2 aromatic heterocycles. The molecule has 2 saturated carbocycles. The topological polar surface area (TPSA) is 120 Å². The maximum absolute atomic E-state index is 13.6. The van der Waals surface area contributed by atoms with Gasteiger partial charge in [0.1, 0.15) is 12.3 Å². The largest absolute Gasteiger partial charge is 0.508 e. The lowest BCUT2D eigenvalue weighted by Gasteiger charge is -2.42. The number of hydrogen-bond acceptors (Lipinski definition) is 8. The summed E-state index contributed by atoms with van der Waals surface area (Å²) >= 11 is 4.58. The van der Waals surface area contributed by atoms with E-state index in [-0.39, 0.29) is 57.9 Å². The van der Waals surface area contributed by atoms with E-state index in [4.69, 9.17) is 0 Å². The molecule has 7 atom stereocenters. The number of carbonyl (C=O) groups excluding carboxylic acids is 3. The van der Waals surface area contributed by atoms with Gasteiger partial charge >= 0.3 is 4.87 Å². The Morgan fingerprint density at radius 3 is 2.56 bits per heavy atom. The molecule has 2 bridgehead atoms. The third-order valence-corrected chi connectivity index (χ3v) is 11.7. The highest BCUT2D eigenvalue weighted by molar-refractivity contribution is 8.00. The highest BCUT2D eigenvalue weighted by atomic mass is 32.2. The number of thiophene rings is 1. The van der Waals surface area contributed by atoms with Crippen LogP contribution in [0.2, 0.25) is 0 Å². The first-order chi connectivity index (χ1) is 17.4. The number of imide groups is 1. The third-order valence-electron chi connectivity index (χ3n) is 8.12. The number of hydrogen-bond donors (Lipinski definition) is 3. The number of rotatable bonds is 4. The summed E-state index contributed by atoms with van der Waals surface area (Å²) in [6, 6.07) is 10.2. The molecular formula is C25H21N3O5S3. The zero-order valence-electron chi connectivity index (χ0n) is 18.7. The summed E-state index contributed by atoms with van der Waals surface area (Å²) in [5, 5.41) is 15.2. The van der Waals surface area contributed by atoms with Crippen LogP contribution >= 0.6 is 34.4 Å². The number of nitrogens with zero attached hydrogens (tertiary/aromatic N) is 1. The number of carbonyl (C=O) groups is 3. The van der Waals surface area contributed by atoms with Crippen molar-refractivity contribution >= 4 is 57.8 Å². The van der Waals surface area contributed by atoms with Crippen LogP contribution < -0.4 is 10.2 Å². The molecule has 0 radical (unpaired) electrons.